The van der Waals surface area contributed by atoms with E-state index in [0.717, 1.165) is 5.01 Å². The van der Waals surface area contributed by atoms with Gasteiger partial charge in [0.25, 0.3) is 5.91 Å². The zero-order valence-corrected chi connectivity index (χ0v) is 10.5. The Morgan fingerprint density at radius 2 is 2.17 bits per heavy atom. The molecule has 1 heterocycles. The molecule has 1 amide bonds. The summed E-state index contributed by atoms with van der Waals surface area (Å²) in [5.74, 6) is -3.29. The Kier molecular flexibility index (Phi) is 5.08. The molecule has 1 saturated heterocycles. The Labute approximate surface area is 105 Å². The van der Waals surface area contributed by atoms with Crippen LogP contribution >= 0.6 is 0 Å². The molecule has 7 heteroatoms. The largest absolute Gasteiger partial charge is 0.480 e. The van der Waals surface area contributed by atoms with Crippen molar-refractivity contribution in [1.29, 1.82) is 0 Å². The maximum absolute atomic E-state index is 12.0. The van der Waals surface area contributed by atoms with Gasteiger partial charge in [-0.25, -0.2) is 10.2 Å². The third-order valence-corrected chi connectivity index (χ3v) is 2.78. The zero-order chi connectivity index (χ0) is 13.7. The number of hydrogen-bond donors (Lipinski definition) is 2. The predicted octanol–water partition coefficient (Wildman–Crippen LogP) is -0.234. The monoisotopic (exact) mass is 258 g/mol. The van der Waals surface area contributed by atoms with E-state index in [1.807, 2.05) is 0 Å². The second kappa shape index (κ2) is 6.34. The van der Waals surface area contributed by atoms with Crippen LogP contribution in [0.3, 0.4) is 0 Å². The van der Waals surface area contributed by atoms with Gasteiger partial charge in [0, 0.05) is 6.54 Å². The van der Waals surface area contributed by atoms with Gasteiger partial charge in [-0.15, -0.1) is 0 Å². The molecule has 0 radical (unpaired) electrons. The van der Waals surface area contributed by atoms with Gasteiger partial charge in [-0.3, -0.25) is 14.6 Å². The molecule has 0 spiro atoms. The van der Waals surface area contributed by atoms with Crippen molar-refractivity contribution in [2.45, 2.75) is 32.7 Å². The number of carboxylic acid groups (broad SMARTS) is 1. The Balaban J connectivity index is 2.74. The molecule has 0 bridgehead atoms. The fourth-order valence-corrected chi connectivity index (χ4v) is 1.78. The fraction of sp³-hybridized carbons (Fsp3) is 0.727. The zero-order valence-electron chi connectivity index (χ0n) is 10.5. The normalized spacial score (nSPS) is 21.2. The van der Waals surface area contributed by atoms with Gasteiger partial charge < -0.3 is 9.84 Å². The second-order valence-electron chi connectivity index (χ2n) is 4.09. The highest BCUT2D eigenvalue weighted by Crippen LogP contribution is 2.14. The summed E-state index contributed by atoms with van der Waals surface area (Å²) in [5, 5.41) is 10.1. The molecule has 0 aromatic rings. The van der Waals surface area contributed by atoms with Crippen LogP contribution in [0.15, 0.2) is 0 Å². The molecule has 0 aromatic carbocycles. The molecule has 18 heavy (non-hydrogen) atoms. The average molecular weight is 258 g/mol. The van der Waals surface area contributed by atoms with E-state index in [-0.39, 0.29) is 6.61 Å². The van der Waals surface area contributed by atoms with Crippen molar-refractivity contribution in [3.8, 4) is 0 Å². The van der Waals surface area contributed by atoms with E-state index in [2.05, 4.69) is 5.43 Å². The minimum Gasteiger partial charge on any atom is -0.480 e. The third kappa shape index (κ3) is 3.19. The Bertz CT molecular complexity index is 344. The fourth-order valence-electron chi connectivity index (χ4n) is 1.78. The summed E-state index contributed by atoms with van der Waals surface area (Å²) in [4.78, 5) is 34.5. The second-order valence-corrected chi connectivity index (χ2v) is 4.09. The first-order chi connectivity index (χ1) is 8.49. The molecule has 0 saturated carbocycles. The summed E-state index contributed by atoms with van der Waals surface area (Å²) in [6.45, 7) is 3.77. The van der Waals surface area contributed by atoms with Gasteiger partial charge in [-0.05, 0) is 26.7 Å². The van der Waals surface area contributed by atoms with Gasteiger partial charge in [0.1, 0.15) is 12.0 Å². The predicted molar refractivity (Wildman–Crippen MR) is 61.3 cm³/mol. The van der Waals surface area contributed by atoms with Crippen LogP contribution in [-0.4, -0.2) is 47.2 Å². The number of esters is 1. The van der Waals surface area contributed by atoms with Crippen LogP contribution in [0.2, 0.25) is 0 Å². The Hall–Kier alpha value is -1.63. The number of nitrogens with one attached hydrogen (secondary N) is 1. The number of amides is 1. The summed E-state index contributed by atoms with van der Waals surface area (Å²) in [6, 6.07) is -0.928. The van der Waals surface area contributed by atoms with Crippen LogP contribution in [0.25, 0.3) is 0 Å². The molecule has 102 valence electrons. The minimum atomic E-state index is -1.08. The van der Waals surface area contributed by atoms with Crippen molar-refractivity contribution in [1.82, 2.24) is 10.4 Å². The molecular weight excluding hydrogens is 240 g/mol. The highest BCUT2D eigenvalue weighted by Gasteiger charge is 2.36. The molecule has 1 aliphatic rings. The number of hydrogen-bond acceptors (Lipinski definition) is 5. The SMILES string of the molecule is CCOC(=O)C(C)C(=O)N1NCCCC1C(=O)O. The average Bonchev–Trinajstić information content (AvgIpc) is 2.37. The van der Waals surface area contributed by atoms with Gasteiger partial charge in [-0.2, -0.15) is 0 Å². The van der Waals surface area contributed by atoms with Crippen LogP contribution in [-0.2, 0) is 19.1 Å². The van der Waals surface area contributed by atoms with E-state index in [1.165, 1.54) is 6.92 Å². The lowest BCUT2D eigenvalue weighted by atomic mass is 10.1. The van der Waals surface area contributed by atoms with Crippen LogP contribution in [0.4, 0.5) is 0 Å². The van der Waals surface area contributed by atoms with E-state index in [1.54, 1.807) is 6.92 Å². The first-order valence-electron chi connectivity index (χ1n) is 5.95. The van der Waals surface area contributed by atoms with Gasteiger partial charge in [0.15, 0.2) is 0 Å². The first kappa shape index (κ1) is 14.4. The quantitative estimate of drug-likeness (QED) is 0.534. The number of nitrogens with zero attached hydrogens (tertiary/aromatic N) is 1. The topological polar surface area (TPSA) is 95.9 Å². The standard InChI is InChI=1S/C11H18N2O5/c1-3-18-11(17)7(2)9(14)13-8(10(15)16)5-4-6-12-13/h7-8,12H,3-6H2,1-2H3,(H,15,16). The molecule has 2 N–H and O–H groups in total. The molecular formula is C11H18N2O5. The Morgan fingerprint density at radius 3 is 2.72 bits per heavy atom. The van der Waals surface area contributed by atoms with E-state index in [0.29, 0.717) is 19.4 Å². The maximum atomic E-state index is 12.0. The summed E-state index contributed by atoms with van der Waals surface area (Å²) in [7, 11) is 0. The summed E-state index contributed by atoms with van der Waals surface area (Å²) in [6.07, 6.45) is 1.05. The van der Waals surface area contributed by atoms with Gasteiger partial charge >= 0.3 is 11.9 Å². The van der Waals surface area contributed by atoms with Gasteiger partial charge in [0.05, 0.1) is 6.61 Å². The highest BCUT2D eigenvalue weighted by atomic mass is 16.5. The van der Waals surface area contributed by atoms with Crippen LogP contribution in [0.1, 0.15) is 26.7 Å². The van der Waals surface area contributed by atoms with Crippen LogP contribution in [0, 0.1) is 5.92 Å². The molecule has 2 atom stereocenters. The number of carbonyl (C=O) groups is 3. The number of aliphatic carboxylic acids is 1. The molecule has 1 rings (SSSR count). The lowest BCUT2D eigenvalue weighted by Crippen LogP contribution is -2.58. The van der Waals surface area contributed by atoms with E-state index in [9.17, 15) is 14.4 Å². The van der Waals surface area contributed by atoms with Crippen molar-refractivity contribution in [2.24, 2.45) is 5.92 Å². The number of hydrazine groups is 1. The van der Waals surface area contributed by atoms with Gasteiger partial charge in [0.2, 0.25) is 0 Å². The van der Waals surface area contributed by atoms with E-state index in [4.69, 9.17) is 9.84 Å². The lowest BCUT2D eigenvalue weighted by Gasteiger charge is -2.34. The highest BCUT2D eigenvalue weighted by molar-refractivity contribution is 5.98. The first-order valence-corrected chi connectivity index (χ1v) is 5.95. The molecule has 1 aliphatic heterocycles. The summed E-state index contributed by atoms with van der Waals surface area (Å²) < 4.78 is 4.75. The lowest BCUT2D eigenvalue weighted by molar-refractivity contribution is -0.164. The number of carbonyl (C=O) groups excluding carboxylic acids is 2. The summed E-state index contributed by atoms with van der Waals surface area (Å²) >= 11 is 0. The van der Waals surface area contributed by atoms with E-state index < -0.39 is 29.8 Å². The number of rotatable bonds is 4. The number of ether oxygens (including phenoxy) is 1. The van der Waals surface area contributed by atoms with E-state index >= 15 is 0 Å². The Morgan fingerprint density at radius 1 is 1.50 bits per heavy atom. The smallest absolute Gasteiger partial charge is 0.328 e. The summed E-state index contributed by atoms with van der Waals surface area (Å²) in [5.41, 5.74) is 2.72. The molecule has 1 fully saturated rings. The number of carboxylic acids is 1. The molecule has 0 aliphatic carbocycles. The molecule has 2 unspecified atom stereocenters. The van der Waals surface area contributed by atoms with Crippen LogP contribution < -0.4 is 5.43 Å². The van der Waals surface area contributed by atoms with Crippen molar-refractivity contribution < 1.29 is 24.2 Å². The maximum Gasteiger partial charge on any atom is 0.328 e. The third-order valence-electron chi connectivity index (χ3n) is 2.78. The minimum absolute atomic E-state index is 0.187. The van der Waals surface area contributed by atoms with Crippen molar-refractivity contribution in [2.75, 3.05) is 13.2 Å². The van der Waals surface area contributed by atoms with Gasteiger partial charge in [-0.1, -0.05) is 0 Å². The molecule has 0 aromatic heterocycles. The molecule has 7 nitrogen and oxygen atoms in total. The van der Waals surface area contributed by atoms with Crippen molar-refractivity contribution in [3.05, 3.63) is 0 Å². The van der Waals surface area contributed by atoms with Crippen molar-refractivity contribution >= 4 is 17.8 Å². The van der Waals surface area contributed by atoms with Crippen molar-refractivity contribution in [3.63, 3.8) is 0 Å². The van der Waals surface area contributed by atoms with Crippen LogP contribution in [0.5, 0.6) is 0 Å².